The number of nitrogens with zero attached hydrogens (tertiary/aromatic N) is 1. The molecule has 2 atom stereocenters. The van der Waals surface area contributed by atoms with Gasteiger partial charge in [-0.3, -0.25) is 0 Å². The fourth-order valence-electron chi connectivity index (χ4n) is 3.10. The molecule has 2 aromatic rings. The van der Waals surface area contributed by atoms with E-state index in [1.54, 1.807) is 12.1 Å². The van der Waals surface area contributed by atoms with Crippen molar-refractivity contribution < 1.29 is 4.74 Å². The van der Waals surface area contributed by atoms with Gasteiger partial charge in [-0.15, -0.1) is 0 Å². The summed E-state index contributed by atoms with van der Waals surface area (Å²) in [7, 11) is 0. The first kappa shape index (κ1) is 14.6. The second-order valence-electron chi connectivity index (χ2n) is 5.72. The molecular weight excluding hydrogens is 272 g/mol. The molecule has 0 amide bonds. The zero-order chi connectivity index (χ0) is 15.2. The van der Waals surface area contributed by atoms with Gasteiger partial charge >= 0.3 is 0 Å². The summed E-state index contributed by atoms with van der Waals surface area (Å²) in [6, 6.07) is 20.2. The third kappa shape index (κ3) is 3.47. The second kappa shape index (κ2) is 7.11. The minimum atomic E-state index is 0.446. The molecule has 0 radical (unpaired) electrons. The van der Waals surface area contributed by atoms with Gasteiger partial charge in [0.1, 0.15) is 5.75 Å². The van der Waals surface area contributed by atoms with Crippen LogP contribution >= 0.6 is 0 Å². The van der Waals surface area contributed by atoms with Crippen molar-refractivity contribution in [1.29, 1.82) is 5.26 Å². The van der Waals surface area contributed by atoms with Crippen LogP contribution in [0.2, 0.25) is 0 Å². The van der Waals surface area contributed by atoms with Gasteiger partial charge in [0.15, 0.2) is 0 Å². The van der Waals surface area contributed by atoms with Crippen molar-refractivity contribution in [2.45, 2.75) is 12.3 Å². The summed E-state index contributed by atoms with van der Waals surface area (Å²) in [5.41, 5.74) is 2.03. The Hall–Kier alpha value is -2.31. The van der Waals surface area contributed by atoms with Crippen molar-refractivity contribution in [2.24, 2.45) is 5.92 Å². The Balaban J connectivity index is 1.68. The monoisotopic (exact) mass is 292 g/mol. The predicted molar refractivity (Wildman–Crippen MR) is 86.8 cm³/mol. The van der Waals surface area contributed by atoms with Crippen LogP contribution in [0.25, 0.3) is 0 Å². The molecule has 22 heavy (non-hydrogen) atoms. The van der Waals surface area contributed by atoms with E-state index >= 15 is 0 Å². The van der Waals surface area contributed by atoms with Crippen LogP contribution in [-0.4, -0.2) is 19.7 Å². The maximum Gasteiger partial charge on any atom is 0.120 e. The number of hydrogen-bond donors (Lipinski definition) is 1. The second-order valence-corrected chi connectivity index (χ2v) is 5.72. The lowest BCUT2D eigenvalue weighted by atomic mass is 9.81. The van der Waals surface area contributed by atoms with Gasteiger partial charge in [-0.25, -0.2) is 0 Å². The van der Waals surface area contributed by atoms with Crippen molar-refractivity contribution in [2.75, 3.05) is 19.7 Å². The SMILES string of the molecule is N#Cc1cccc(OCC2CNCCC2c2ccccc2)c1. The van der Waals surface area contributed by atoms with E-state index < -0.39 is 0 Å². The molecule has 1 heterocycles. The molecule has 3 rings (SSSR count). The zero-order valence-corrected chi connectivity index (χ0v) is 12.5. The smallest absolute Gasteiger partial charge is 0.120 e. The first-order valence-electron chi connectivity index (χ1n) is 7.75. The molecule has 0 spiro atoms. The summed E-state index contributed by atoms with van der Waals surface area (Å²) in [5.74, 6) is 1.75. The van der Waals surface area contributed by atoms with Gasteiger partial charge in [0.2, 0.25) is 0 Å². The topological polar surface area (TPSA) is 45.0 Å². The summed E-state index contributed by atoms with van der Waals surface area (Å²) in [6.45, 7) is 2.69. The number of benzene rings is 2. The first-order valence-corrected chi connectivity index (χ1v) is 7.75. The van der Waals surface area contributed by atoms with Gasteiger partial charge < -0.3 is 10.1 Å². The van der Waals surface area contributed by atoms with Gasteiger partial charge in [0.05, 0.1) is 18.2 Å². The van der Waals surface area contributed by atoms with Crippen LogP contribution in [0.4, 0.5) is 0 Å². The van der Waals surface area contributed by atoms with E-state index in [-0.39, 0.29) is 0 Å². The maximum atomic E-state index is 8.95. The highest BCUT2D eigenvalue weighted by molar-refractivity contribution is 5.36. The molecule has 3 heteroatoms. The molecule has 2 unspecified atom stereocenters. The molecule has 1 fully saturated rings. The lowest BCUT2D eigenvalue weighted by Crippen LogP contribution is -2.38. The van der Waals surface area contributed by atoms with Gasteiger partial charge in [-0.2, -0.15) is 5.26 Å². The minimum absolute atomic E-state index is 0.446. The Morgan fingerprint density at radius 3 is 2.82 bits per heavy atom. The van der Waals surface area contributed by atoms with E-state index in [4.69, 9.17) is 10.00 Å². The Morgan fingerprint density at radius 1 is 1.14 bits per heavy atom. The van der Waals surface area contributed by atoms with Gasteiger partial charge in [-0.1, -0.05) is 36.4 Å². The predicted octanol–water partition coefficient (Wildman–Crippen LogP) is 3.33. The Labute approximate surface area is 131 Å². The van der Waals surface area contributed by atoms with Crippen molar-refractivity contribution in [3.63, 3.8) is 0 Å². The molecule has 0 saturated carbocycles. The van der Waals surface area contributed by atoms with Crippen LogP contribution in [-0.2, 0) is 0 Å². The molecule has 0 aliphatic carbocycles. The third-order valence-electron chi connectivity index (χ3n) is 4.26. The lowest BCUT2D eigenvalue weighted by Gasteiger charge is -2.32. The Morgan fingerprint density at radius 2 is 2.00 bits per heavy atom. The van der Waals surface area contributed by atoms with Crippen LogP contribution < -0.4 is 10.1 Å². The summed E-state index contributed by atoms with van der Waals surface area (Å²) < 4.78 is 5.95. The minimum Gasteiger partial charge on any atom is -0.493 e. The molecule has 2 aromatic carbocycles. The van der Waals surface area contributed by atoms with Crippen LogP contribution in [0, 0.1) is 17.2 Å². The lowest BCUT2D eigenvalue weighted by molar-refractivity contribution is 0.197. The van der Waals surface area contributed by atoms with E-state index in [0.717, 1.165) is 25.3 Å². The summed E-state index contributed by atoms with van der Waals surface area (Å²) in [4.78, 5) is 0. The van der Waals surface area contributed by atoms with E-state index in [1.165, 1.54) is 5.56 Å². The van der Waals surface area contributed by atoms with E-state index in [2.05, 4.69) is 41.7 Å². The molecule has 1 N–H and O–H groups in total. The fraction of sp³-hybridized carbons (Fsp3) is 0.316. The summed E-state index contributed by atoms with van der Waals surface area (Å²) in [5, 5.41) is 12.4. The Kier molecular flexibility index (Phi) is 4.72. The highest BCUT2D eigenvalue weighted by atomic mass is 16.5. The molecule has 0 aromatic heterocycles. The number of nitrogens with one attached hydrogen (secondary N) is 1. The van der Waals surface area contributed by atoms with Crippen molar-refractivity contribution >= 4 is 0 Å². The number of rotatable bonds is 4. The molecule has 3 nitrogen and oxygen atoms in total. The largest absolute Gasteiger partial charge is 0.493 e. The summed E-state index contributed by atoms with van der Waals surface area (Å²) in [6.07, 6.45) is 1.14. The van der Waals surface area contributed by atoms with Crippen LogP contribution in [0.15, 0.2) is 54.6 Å². The summed E-state index contributed by atoms with van der Waals surface area (Å²) >= 11 is 0. The average molecular weight is 292 g/mol. The molecule has 1 saturated heterocycles. The van der Waals surface area contributed by atoms with Crippen LogP contribution in [0.3, 0.4) is 0 Å². The van der Waals surface area contributed by atoms with E-state index in [1.807, 2.05) is 12.1 Å². The number of piperidine rings is 1. The fourth-order valence-corrected chi connectivity index (χ4v) is 3.10. The molecule has 112 valence electrons. The highest BCUT2D eigenvalue weighted by Gasteiger charge is 2.26. The molecule has 0 bridgehead atoms. The standard InChI is InChI=1S/C19H20N2O/c20-12-15-5-4-8-18(11-15)22-14-17-13-21-10-9-19(17)16-6-2-1-3-7-16/h1-8,11,17,19,21H,9-10,13-14H2. The van der Waals surface area contributed by atoms with Gasteiger partial charge in [-0.05, 0) is 42.6 Å². The van der Waals surface area contributed by atoms with Crippen molar-refractivity contribution in [3.8, 4) is 11.8 Å². The van der Waals surface area contributed by atoms with Crippen molar-refractivity contribution in [1.82, 2.24) is 5.32 Å². The Bertz CT molecular complexity index is 648. The van der Waals surface area contributed by atoms with Crippen LogP contribution in [0.5, 0.6) is 5.75 Å². The number of nitriles is 1. The third-order valence-corrected chi connectivity index (χ3v) is 4.26. The first-order chi connectivity index (χ1) is 10.9. The highest BCUT2D eigenvalue weighted by Crippen LogP contribution is 2.30. The normalized spacial score (nSPS) is 21.0. The van der Waals surface area contributed by atoms with Gasteiger partial charge in [0, 0.05) is 12.5 Å². The van der Waals surface area contributed by atoms with E-state index in [9.17, 15) is 0 Å². The molecular formula is C19H20N2O. The molecule has 1 aliphatic heterocycles. The quantitative estimate of drug-likeness (QED) is 0.940. The number of ether oxygens (including phenoxy) is 1. The zero-order valence-electron chi connectivity index (χ0n) is 12.5. The average Bonchev–Trinajstić information content (AvgIpc) is 2.61. The maximum absolute atomic E-state index is 8.95. The number of hydrogen-bond acceptors (Lipinski definition) is 3. The van der Waals surface area contributed by atoms with Crippen molar-refractivity contribution in [3.05, 3.63) is 65.7 Å². The van der Waals surface area contributed by atoms with Crippen LogP contribution in [0.1, 0.15) is 23.5 Å². The molecule has 1 aliphatic rings. The van der Waals surface area contributed by atoms with Gasteiger partial charge in [0.25, 0.3) is 0 Å². The van der Waals surface area contributed by atoms with E-state index in [0.29, 0.717) is 24.0 Å².